The van der Waals surface area contributed by atoms with Gasteiger partial charge >= 0.3 is 5.97 Å². The van der Waals surface area contributed by atoms with Gasteiger partial charge in [0, 0.05) is 29.1 Å². The highest BCUT2D eigenvalue weighted by atomic mass is 16.4. The SMILES string of the molecule is O=C(O)CCc1c(C=C2C(=O)Nc3ccccc32)[nH]c2c1CCCC2. The van der Waals surface area contributed by atoms with Crippen molar-refractivity contribution in [3.8, 4) is 0 Å². The van der Waals surface area contributed by atoms with Gasteiger partial charge in [-0.2, -0.15) is 0 Å². The van der Waals surface area contributed by atoms with E-state index in [0.29, 0.717) is 12.0 Å². The van der Waals surface area contributed by atoms with Crippen LogP contribution in [0, 0.1) is 0 Å². The van der Waals surface area contributed by atoms with Crippen molar-refractivity contribution in [1.29, 1.82) is 0 Å². The molecule has 0 spiro atoms. The molecular weight excluding hydrogens is 316 g/mol. The smallest absolute Gasteiger partial charge is 0.303 e. The summed E-state index contributed by atoms with van der Waals surface area (Å²) in [5.41, 5.74) is 6.74. The number of nitrogens with one attached hydrogen (secondary N) is 2. The third-order valence-corrected chi connectivity index (χ3v) is 5.03. The van der Waals surface area contributed by atoms with Crippen LogP contribution in [-0.2, 0) is 28.9 Å². The first-order valence-electron chi connectivity index (χ1n) is 8.70. The van der Waals surface area contributed by atoms with Gasteiger partial charge in [-0.3, -0.25) is 9.59 Å². The molecule has 1 aromatic carbocycles. The lowest BCUT2D eigenvalue weighted by molar-refractivity contribution is -0.137. The summed E-state index contributed by atoms with van der Waals surface area (Å²) in [6.07, 6.45) is 6.72. The number of aromatic nitrogens is 1. The zero-order valence-corrected chi connectivity index (χ0v) is 13.9. The number of aliphatic carboxylic acids is 1. The van der Waals surface area contributed by atoms with E-state index in [1.807, 2.05) is 30.3 Å². The molecule has 1 aromatic heterocycles. The quantitative estimate of drug-likeness (QED) is 0.748. The monoisotopic (exact) mass is 336 g/mol. The van der Waals surface area contributed by atoms with Gasteiger partial charge in [0.15, 0.2) is 0 Å². The number of H-pyrrole nitrogens is 1. The average molecular weight is 336 g/mol. The Labute approximate surface area is 145 Å². The number of rotatable bonds is 4. The maximum atomic E-state index is 12.4. The number of aryl methyl sites for hydroxylation is 1. The molecule has 2 aromatic rings. The van der Waals surface area contributed by atoms with Crippen LogP contribution in [0.4, 0.5) is 5.69 Å². The van der Waals surface area contributed by atoms with Gasteiger partial charge < -0.3 is 15.4 Å². The number of carbonyl (C=O) groups excluding carboxylic acids is 1. The van der Waals surface area contributed by atoms with Gasteiger partial charge in [-0.1, -0.05) is 18.2 Å². The number of benzene rings is 1. The second-order valence-corrected chi connectivity index (χ2v) is 6.63. The molecule has 4 rings (SSSR count). The molecule has 0 fully saturated rings. The maximum absolute atomic E-state index is 12.4. The van der Waals surface area contributed by atoms with E-state index in [0.717, 1.165) is 48.2 Å². The number of fused-ring (bicyclic) bond motifs is 2. The summed E-state index contributed by atoms with van der Waals surface area (Å²) in [6.45, 7) is 0. The van der Waals surface area contributed by atoms with Gasteiger partial charge in [-0.25, -0.2) is 0 Å². The minimum Gasteiger partial charge on any atom is -0.481 e. The standard InChI is InChI=1S/C20H20N2O3/c23-19(24)10-9-14-12-5-1-3-7-16(12)21-18(14)11-15-13-6-2-4-8-17(13)22-20(15)25/h2,4,6,8,11,21H,1,3,5,7,9-10H2,(H,22,25)(H,23,24). The first-order chi connectivity index (χ1) is 12.1. The third kappa shape index (κ3) is 2.86. The van der Waals surface area contributed by atoms with Gasteiger partial charge in [-0.05, 0) is 55.4 Å². The van der Waals surface area contributed by atoms with Crippen molar-refractivity contribution in [2.24, 2.45) is 0 Å². The number of carboxylic acids is 1. The third-order valence-electron chi connectivity index (χ3n) is 5.03. The molecule has 2 heterocycles. The molecule has 25 heavy (non-hydrogen) atoms. The van der Waals surface area contributed by atoms with Crippen LogP contribution in [0.25, 0.3) is 11.6 Å². The number of hydrogen-bond donors (Lipinski definition) is 3. The van der Waals surface area contributed by atoms with Crippen LogP contribution < -0.4 is 5.32 Å². The van der Waals surface area contributed by atoms with Crippen molar-refractivity contribution in [3.05, 3.63) is 52.3 Å². The highest BCUT2D eigenvalue weighted by molar-refractivity contribution is 6.34. The van der Waals surface area contributed by atoms with E-state index in [4.69, 9.17) is 5.11 Å². The molecule has 5 heteroatoms. The summed E-state index contributed by atoms with van der Waals surface area (Å²) in [6, 6.07) is 7.63. The fraction of sp³-hybridized carbons (Fsp3) is 0.300. The summed E-state index contributed by atoms with van der Waals surface area (Å²) in [7, 11) is 0. The van der Waals surface area contributed by atoms with Crippen molar-refractivity contribution in [1.82, 2.24) is 4.98 Å². The Morgan fingerprint density at radius 2 is 2.00 bits per heavy atom. The topological polar surface area (TPSA) is 82.2 Å². The Bertz CT molecular complexity index is 892. The summed E-state index contributed by atoms with van der Waals surface area (Å²) in [4.78, 5) is 26.9. The highest BCUT2D eigenvalue weighted by Crippen LogP contribution is 2.35. The van der Waals surface area contributed by atoms with E-state index in [-0.39, 0.29) is 12.3 Å². The van der Waals surface area contributed by atoms with Gasteiger partial charge in [0.2, 0.25) is 0 Å². The van der Waals surface area contributed by atoms with Crippen LogP contribution >= 0.6 is 0 Å². The first-order valence-corrected chi connectivity index (χ1v) is 8.70. The van der Waals surface area contributed by atoms with Crippen molar-refractivity contribution >= 4 is 29.2 Å². The number of hydrogen-bond acceptors (Lipinski definition) is 2. The molecule has 0 radical (unpaired) electrons. The zero-order chi connectivity index (χ0) is 17.4. The number of carbonyl (C=O) groups is 2. The molecule has 5 nitrogen and oxygen atoms in total. The van der Waals surface area contributed by atoms with E-state index >= 15 is 0 Å². The Hall–Kier alpha value is -2.82. The number of carboxylic acid groups (broad SMARTS) is 1. The predicted octanol–water partition coefficient (Wildman–Crippen LogP) is 3.40. The highest BCUT2D eigenvalue weighted by Gasteiger charge is 2.25. The van der Waals surface area contributed by atoms with Crippen molar-refractivity contribution in [2.75, 3.05) is 5.32 Å². The number of anilines is 1. The zero-order valence-electron chi connectivity index (χ0n) is 13.9. The maximum Gasteiger partial charge on any atom is 0.303 e. The molecule has 0 bridgehead atoms. The fourth-order valence-corrected chi connectivity index (χ4v) is 3.84. The number of amides is 1. The van der Waals surface area contributed by atoms with Crippen LogP contribution in [0.5, 0.6) is 0 Å². The van der Waals surface area contributed by atoms with Gasteiger partial charge in [0.25, 0.3) is 5.91 Å². The largest absolute Gasteiger partial charge is 0.481 e. The predicted molar refractivity (Wildman–Crippen MR) is 96.3 cm³/mol. The summed E-state index contributed by atoms with van der Waals surface area (Å²) in [5, 5.41) is 12.0. The minimum atomic E-state index is -0.798. The molecule has 0 atom stereocenters. The van der Waals surface area contributed by atoms with Gasteiger partial charge in [-0.15, -0.1) is 0 Å². The van der Waals surface area contributed by atoms with E-state index < -0.39 is 5.97 Å². The van der Waals surface area contributed by atoms with E-state index in [1.165, 1.54) is 11.3 Å². The first kappa shape index (κ1) is 15.7. The number of para-hydroxylation sites is 1. The molecule has 128 valence electrons. The van der Waals surface area contributed by atoms with Crippen molar-refractivity contribution < 1.29 is 14.7 Å². The van der Waals surface area contributed by atoms with Gasteiger partial charge in [0.1, 0.15) is 0 Å². The molecule has 0 saturated carbocycles. The Kier molecular flexibility index (Phi) is 3.92. The van der Waals surface area contributed by atoms with Crippen LogP contribution in [0.3, 0.4) is 0 Å². The molecule has 0 unspecified atom stereocenters. The van der Waals surface area contributed by atoms with E-state index in [9.17, 15) is 9.59 Å². The molecule has 2 aliphatic rings. The van der Waals surface area contributed by atoms with Crippen molar-refractivity contribution in [2.45, 2.75) is 38.5 Å². The molecular formula is C20H20N2O3. The van der Waals surface area contributed by atoms with Crippen LogP contribution in [0.15, 0.2) is 24.3 Å². The van der Waals surface area contributed by atoms with Gasteiger partial charge in [0.05, 0.1) is 5.57 Å². The van der Waals surface area contributed by atoms with E-state index in [1.54, 1.807) is 0 Å². The molecule has 0 saturated heterocycles. The van der Waals surface area contributed by atoms with Crippen LogP contribution in [-0.4, -0.2) is 22.0 Å². The molecule has 1 amide bonds. The minimum absolute atomic E-state index is 0.100. The number of aromatic amines is 1. The summed E-state index contributed by atoms with van der Waals surface area (Å²) < 4.78 is 0. The molecule has 1 aliphatic carbocycles. The van der Waals surface area contributed by atoms with Crippen LogP contribution in [0.2, 0.25) is 0 Å². The summed E-state index contributed by atoms with van der Waals surface area (Å²) >= 11 is 0. The lowest BCUT2D eigenvalue weighted by Gasteiger charge is -2.12. The second kappa shape index (κ2) is 6.24. The fourth-order valence-electron chi connectivity index (χ4n) is 3.84. The van der Waals surface area contributed by atoms with Crippen LogP contribution in [0.1, 0.15) is 47.3 Å². The lowest BCUT2D eigenvalue weighted by Crippen LogP contribution is -2.05. The van der Waals surface area contributed by atoms with Crippen molar-refractivity contribution in [3.63, 3.8) is 0 Å². The Morgan fingerprint density at radius 1 is 1.20 bits per heavy atom. The summed E-state index contributed by atoms with van der Waals surface area (Å²) in [5.74, 6) is -0.911. The Morgan fingerprint density at radius 3 is 2.84 bits per heavy atom. The molecule has 1 aliphatic heterocycles. The average Bonchev–Trinajstić information content (AvgIpc) is 3.11. The molecule has 3 N–H and O–H groups in total. The Balaban J connectivity index is 1.78. The lowest BCUT2D eigenvalue weighted by atomic mass is 9.92. The second-order valence-electron chi connectivity index (χ2n) is 6.63. The normalized spacial score (nSPS) is 17.3. The van der Waals surface area contributed by atoms with E-state index in [2.05, 4.69) is 10.3 Å².